The van der Waals surface area contributed by atoms with Crippen molar-refractivity contribution in [3.05, 3.63) is 77.0 Å². The molecule has 0 bridgehead atoms. The number of methoxy groups -OCH3 is 2. The Kier molecular flexibility index (Phi) is 3.77. The van der Waals surface area contributed by atoms with Gasteiger partial charge in [0.2, 0.25) is 0 Å². The van der Waals surface area contributed by atoms with E-state index in [0.29, 0.717) is 0 Å². The lowest BCUT2D eigenvalue weighted by Crippen LogP contribution is -1.91. The molecule has 1 aliphatic carbocycles. The van der Waals surface area contributed by atoms with Gasteiger partial charge in [0.05, 0.1) is 19.9 Å². The van der Waals surface area contributed by atoms with Crippen LogP contribution < -0.4 is 9.47 Å². The van der Waals surface area contributed by atoms with Gasteiger partial charge in [-0.15, -0.1) is 0 Å². The summed E-state index contributed by atoms with van der Waals surface area (Å²) < 4.78 is 10.8. The van der Waals surface area contributed by atoms with Crippen molar-refractivity contribution >= 4 is 11.6 Å². The van der Waals surface area contributed by atoms with E-state index in [0.717, 1.165) is 28.3 Å². The quantitative estimate of drug-likeness (QED) is 0.531. The van der Waals surface area contributed by atoms with E-state index in [4.69, 9.17) is 9.47 Å². The Morgan fingerprint density at radius 1 is 0.840 bits per heavy atom. The maximum absolute atomic E-state index is 5.43. The van der Waals surface area contributed by atoms with Gasteiger partial charge in [-0.3, -0.25) is 4.98 Å². The summed E-state index contributed by atoms with van der Waals surface area (Å²) >= 11 is 0. The highest BCUT2D eigenvalue weighted by molar-refractivity contribution is 6.05. The van der Waals surface area contributed by atoms with Gasteiger partial charge in [-0.25, -0.2) is 0 Å². The lowest BCUT2D eigenvalue weighted by molar-refractivity contribution is 0.355. The van der Waals surface area contributed by atoms with Gasteiger partial charge in [0.15, 0.2) is 11.5 Å². The summed E-state index contributed by atoms with van der Waals surface area (Å²) in [7, 11) is 3.30. The van der Waals surface area contributed by atoms with Crippen molar-refractivity contribution in [1.29, 1.82) is 0 Å². The average Bonchev–Trinajstić information content (AvgIpc) is 2.95. The van der Waals surface area contributed by atoms with E-state index in [2.05, 4.69) is 42.2 Å². The molecule has 0 spiro atoms. The summed E-state index contributed by atoms with van der Waals surface area (Å²) in [6, 6.07) is 16.6. The fourth-order valence-electron chi connectivity index (χ4n) is 3.33. The summed E-state index contributed by atoms with van der Waals surface area (Å²) in [5, 5.41) is 0. The number of benzene rings is 2. The smallest absolute Gasteiger partial charge is 0.161 e. The monoisotopic (exact) mass is 329 g/mol. The summed E-state index contributed by atoms with van der Waals surface area (Å²) in [6.07, 6.45) is 4.04. The summed E-state index contributed by atoms with van der Waals surface area (Å²) in [6.45, 7) is 2.12. The molecule has 25 heavy (non-hydrogen) atoms. The van der Waals surface area contributed by atoms with Crippen LogP contribution in [0.2, 0.25) is 0 Å². The molecule has 3 nitrogen and oxygen atoms in total. The van der Waals surface area contributed by atoms with Gasteiger partial charge >= 0.3 is 0 Å². The van der Waals surface area contributed by atoms with Crippen molar-refractivity contribution in [2.45, 2.75) is 6.92 Å². The molecule has 0 atom stereocenters. The van der Waals surface area contributed by atoms with Crippen molar-refractivity contribution in [2.75, 3.05) is 14.2 Å². The predicted octanol–water partition coefficient (Wildman–Crippen LogP) is 4.98. The van der Waals surface area contributed by atoms with Crippen LogP contribution in [0.5, 0.6) is 11.5 Å². The second-order valence-corrected chi connectivity index (χ2v) is 6.12. The highest BCUT2D eigenvalue weighted by atomic mass is 16.5. The van der Waals surface area contributed by atoms with Crippen LogP contribution in [0.25, 0.3) is 22.9 Å². The topological polar surface area (TPSA) is 31.4 Å². The van der Waals surface area contributed by atoms with Crippen molar-refractivity contribution in [3.8, 4) is 22.8 Å². The maximum atomic E-state index is 5.43. The number of rotatable bonds is 3. The average molecular weight is 329 g/mol. The van der Waals surface area contributed by atoms with Crippen LogP contribution in [0, 0.1) is 6.92 Å². The minimum absolute atomic E-state index is 0.728. The van der Waals surface area contributed by atoms with Gasteiger partial charge in [0, 0.05) is 17.3 Å². The number of aromatic nitrogens is 1. The van der Waals surface area contributed by atoms with Crippen LogP contribution in [0.4, 0.5) is 0 Å². The number of aryl methyl sites for hydroxylation is 1. The van der Waals surface area contributed by atoms with Crippen molar-refractivity contribution in [2.24, 2.45) is 0 Å². The molecule has 1 heterocycles. The number of pyridine rings is 1. The van der Waals surface area contributed by atoms with Crippen molar-refractivity contribution in [1.82, 2.24) is 4.98 Å². The van der Waals surface area contributed by atoms with Crippen LogP contribution in [0.3, 0.4) is 0 Å². The first kappa shape index (κ1) is 15.5. The van der Waals surface area contributed by atoms with Crippen LogP contribution in [-0.4, -0.2) is 19.2 Å². The minimum Gasteiger partial charge on any atom is -0.493 e. The largest absolute Gasteiger partial charge is 0.493 e. The molecule has 0 unspecified atom stereocenters. The zero-order valence-corrected chi connectivity index (χ0v) is 14.5. The highest BCUT2D eigenvalue weighted by Gasteiger charge is 2.24. The Hall–Kier alpha value is -3.07. The molecule has 0 amide bonds. The molecule has 0 fully saturated rings. The van der Waals surface area contributed by atoms with E-state index >= 15 is 0 Å². The minimum atomic E-state index is 0.728. The first-order chi connectivity index (χ1) is 12.2. The van der Waals surface area contributed by atoms with Gasteiger partial charge in [-0.1, -0.05) is 35.9 Å². The van der Waals surface area contributed by atoms with Crippen LogP contribution >= 0.6 is 0 Å². The molecule has 1 aliphatic rings. The summed E-state index contributed by atoms with van der Waals surface area (Å²) in [5.74, 6) is 1.46. The lowest BCUT2D eigenvalue weighted by Gasteiger charge is -2.09. The van der Waals surface area contributed by atoms with Gasteiger partial charge in [0.25, 0.3) is 0 Å². The fraction of sp³-hybridized carbons (Fsp3) is 0.136. The normalized spacial score (nSPS) is 13.5. The second kappa shape index (κ2) is 6.10. The third kappa shape index (κ3) is 2.58. The Balaban J connectivity index is 1.90. The van der Waals surface area contributed by atoms with E-state index in [9.17, 15) is 0 Å². The molecule has 3 heteroatoms. The number of hydrogen-bond acceptors (Lipinski definition) is 3. The zero-order chi connectivity index (χ0) is 17.4. The Morgan fingerprint density at radius 2 is 1.68 bits per heavy atom. The van der Waals surface area contributed by atoms with Crippen LogP contribution in [0.15, 0.2) is 54.7 Å². The van der Waals surface area contributed by atoms with E-state index in [-0.39, 0.29) is 0 Å². The molecule has 0 saturated carbocycles. The van der Waals surface area contributed by atoms with E-state index < -0.39 is 0 Å². The Bertz CT molecular complexity index is 989. The van der Waals surface area contributed by atoms with Gasteiger partial charge < -0.3 is 9.47 Å². The van der Waals surface area contributed by atoms with Crippen LogP contribution in [0.1, 0.15) is 22.3 Å². The van der Waals surface area contributed by atoms with Crippen molar-refractivity contribution < 1.29 is 9.47 Å². The van der Waals surface area contributed by atoms with E-state index in [1.165, 1.54) is 22.3 Å². The maximum Gasteiger partial charge on any atom is 0.161 e. The van der Waals surface area contributed by atoms with Gasteiger partial charge in [-0.2, -0.15) is 0 Å². The van der Waals surface area contributed by atoms with E-state index in [1.807, 2.05) is 30.5 Å². The summed E-state index contributed by atoms with van der Waals surface area (Å²) in [5.41, 5.74) is 8.12. The molecule has 1 aromatic heterocycles. The molecular formula is C22H19NO2. The Labute approximate surface area is 147 Å². The number of fused-ring (bicyclic) bond motifs is 3. The number of ether oxygens (including phenoxy) is 2. The Morgan fingerprint density at radius 3 is 2.48 bits per heavy atom. The fourth-order valence-corrected chi connectivity index (χ4v) is 3.33. The summed E-state index contributed by atoms with van der Waals surface area (Å²) in [4.78, 5) is 4.60. The predicted molar refractivity (Wildman–Crippen MR) is 101 cm³/mol. The molecule has 4 rings (SSSR count). The highest BCUT2D eigenvalue weighted by Crippen LogP contribution is 2.44. The molecule has 3 aromatic rings. The van der Waals surface area contributed by atoms with Crippen LogP contribution in [-0.2, 0) is 0 Å². The second-order valence-electron chi connectivity index (χ2n) is 6.12. The van der Waals surface area contributed by atoms with Gasteiger partial charge in [0.1, 0.15) is 0 Å². The molecule has 2 aromatic carbocycles. The zero-order valence-electron chi connectivity index (χ0n) is 14.5. The molecule has 0 aliphatic heterocycles. The first-order valence-electron chi connectivity index (χ1n) is 8.22. The van der Waals surface area contributed by atoms with Gasteiger partial charge in [-0.05, 0) is 47.9 Å². The number of hydrogen-bond donors (Lipinski definition) is 0. The molecule has 0 radical (unpaired) electrons. The molecule has 124 valence electrons. The first-order valence-corrected chi connectivity index (χ1v) is 8.22. The third-order valence-electron chi connectivity index (χ3n) is 4.54. The van der Waals surface area contributed by atoms with E-state index in [1.54, 1.807) is 14.2 Å². The lowest BCUT2D eigenvalue weighted by atomic mass is 10.00. The standard InChI is InChI=1S/C22H19NO2/c1-14-6-8-17-18(11-14)19(16-5-4-10-23-22(16)17)12-15-7-9-20(24-2)21(13-15)25-3/h4-13H,1-3H3. The van der Waals surface area contributed by atoms with Crippen molar-refractivity contribution in [3.63, 3.8) is 0 Å². The number of nitrogens with zero attached hydrogens (tertiary/aromatic N) is 1. The SMILES string of the molecule is COc1ccc(C=C2c3cc(C)ccc3-c3ncccc32)cc1OC. The molecule has 0 saturated heterocycles. The molecular weight excluding hydrogens is 310 g/mol. The third-order valence-corrected chi connectivity index (χ3v) is 4.54. The molecule has 0 N–H and O–H groups in total.